The molecule has 20 heavy (non-hydrogen) atoms. The number of para-hydroxylation sites is 2. The van der Waals surface area contributed by atoms with Crippen molar-refractivity contribution in [2.75, 3.05) is 0 Å². The van der Waals surface area contributed by atoms with Gasteiger partial charge in [-0.05, 0) is 24.6 Å². The largest absolute Gasteiger partial charge is 0.485 e. The maximum Gasteiger partial charge on any atom is 0.146 e. The Morgan fingerprint density at radius 3 is 2.75 bits per heavy atom. The van der Waals surface area contributed by atoms with E-state index < -0.39 is 0 Å². The van der Waals surface area contributed by atoms with E-state index in [0.717, 1.165) is 33.6 Å². The highest BCUT2D eigenvalue weighted by atomic mass is 16.5. The molecule has 0 saturated heterocycles. The van der Waals surface area contributed by atoms with Crippen molar-refractivity contribution in [1.29, 1.82) is 0 Å². The van der Waals surface area contributed by atoms with Crippen molar-refractivity contribution >= 4 is 11.0 Å². The van der Waals surface area contributed by atoms with Gasteiger partial charge in [0.1, 0.15) is 23.7 Å². The molecule has 1 heterocycles. The molecule has 1 aromatic heterocycles. The Morgan fingerprint density at radius 2 is 1.95 bits per heavy atom. The van der Waals surface area contributed by atoms with Crippen LogP contribution in [-0.2, 0) is 13.2 Å². The van der Waals surface area contributed by atoms with Crippen LogP contribution in [0, 0.1) is 6.92 Å². The molecule has 0 unspecified atom stereocenters. The van der Waals surface area contributed by atoms with Gasteiger partial charge >= 0.3 is 0 Å². The molecule has 2 aromatic carbocycles. The van der Waals surface area contributed by atoms with E-state index in [1.54, 1.807) is 0 Å². The molecule has 0 atom stereocenters. The fourth-order valence-corrected chi connectivity index (χ4v) is 2.28. The number of rotatable bonds is 4. The lowest BCUT2D eigenvalue weighted by Gasteiger charge is -2.06. The molecule has 3 rings (SSSR count). The van der Waals surface area contributed by atoms with E-state index in [-0.39, 0.29) is 0 Å². The molecule has 3 nitrogen and oxygen atoms in total. The second-order valence-electron chi connectivity index (χ2n) is 4.81. The Hall–Kier alpha value is -2.26. The third-order valence-corrected chi connectivity index (χ3v) is 3.36. The summed E-state index contributed by atoms with van der Waals surface area (Å²) in [7, 11) is 0. The summed E-state index contributed by atoms with van der Waals surface area (Å²) in [6.45, 7) is 2.92. The average molecular weight is 267 g/mol. The topological polar surface area (TPSA) is 48.4 Å². The van der Waals surface area contributed by atoms with Crippen LogP contribution in [0.3, 0.4) is 0 Å². The van der Waals surface area contributed by atoms with E-state index in [4.69, 9.17) is 14.9 Å². The van der Waals surface area contributed by atoms with Gasteiger partial charge in [0, 0.05) is 17.5 Å². The van der Waals surface area contributed by atoms with E-state index in [1.165, 1.54) is 0 Å². The third kappa shape index (κ3) is 2.40. The highest BCUT2D eigenvalue weighted by Gasteiger charge is 2.08. The first kappa shape index (κ1) is 12.8. The zero-order valence-corrected chi connectivity index (χ0v) is 11.4. The molecule has 2 N–H and O–H groups in total. The third-order valence-electron chi connectivity index (χ3n) is 3.36. The maximum absolute atomic E-state index is 5.85. The van der Waals surface area contributed by atoms with Crippen LogP contribution >= 0.6 is 0 Å². The first-order valence-electron chi connectivity index (χ1n) is 6.67. The van der Waals surface area contributed by atoms with E-state index in [0.29, 0.717) is 13.2 Å². The van der Waals surface area contributed by atoms with Crippen molar-refractivity contribution in [1.82, 2.24) is 0 Å². The SMILES string of the molecule is Cc1ccccc1OCc1cc2cccc(CN)c2o1. The van der Waals surface area contributed by atoms with Crippen LogP contribution in [0.5, 0.6) is 5.75 Å². The van der Waals surface area contributed by atoms with Gasteiger partial charge in [0.25, 0.3) is 0 Å². The smallest absolute Gasteiger partial charge is 0.146 e. The number of furan rings is 1. The predicted molar refractivity (Wildman–Crippen MR) is 79.6 cm³/mol. The zero-order valence-electron chi connectivity index (χ0n) is 11.4. The van der Waals surface area contributed by atoms with Crippen LogP contribution in [-0.4, -0.2) is 0 Å². The standard InChI is InChI=1S/C17H17NO2/c1-12-5-2-3-8-16(12)19-11-15-9-13-6-4-7-14(10-18)17(13)20-15/h2-9H,10-11,18H2,1H3. The monoisotopic (exact) mass is 267 g/mol. The lowest BCUT2D eigenvalue weighted by molar-refractivity contribution is 0.272. The highest BCUT2D eigenvalue weighted by molar-refractivity contribution is 5.81. The number of benzene rings is 2. The summed E-state index contributed by atoms with van der Waals surface area (Å²) >= 11 is 0. The van der Waals surface area contributed by atoms with E-state index >= 15 is 0 Å². The number of ether oxygens (including phenoxy) is 1. The van der Waals surface area contributed by atoms with E-state index in [2.05, 4.69) is 0 Å². The highest BCUT2D eigenvalue weighted by Crippen LogP contribution is 2.24. The predicted octanol–water partition coefficient (Wildman–Crippen LogP) is 3.78. The lowest BCUT2D eigenvalue weighted by Crippen LogP contribution is -1.96. The van der Waals surface area contributed by atoms with Crippen LogP contribution in [0.1, 0.15) is 16.9 Å². The molecule has 0 amide bonds. The quantitative estimate of drug-likeness (QED) is 0.782. The van der Waals surface area contributed by atoms with E-state index in [1.807, 2.05) is 55.5 Å². The van der Waals surface area contributed by atoms with Gasteiger partial charge in [0.2, 0.25) is 0 Å². The summed E-state index contributed by atoms with van der Waals surface area (Å²) in [4.78, 5) is 0. The minimum atomic E-state index is 0.420. The minimum Gasteiger partial charge on any atom is -0.485 e. The van der Waals surface area contributed by atoms with Crippen molar-refractivity contribution in [3.05, 3.63) is 65.4 Å². The Morgan fingerprint density at radius 1 is 1.10 bits per heavy atom. The lowest BCUT2D eigenvalue weighted by atomic mass is 10.1. The molecule has 3 heteroatoms. The van der Waals surface area contributed by atoms with Crippen molar-refractivity contribution in [2.45, 2.75) is 20.1 Å². The Bertz CT molecular complexity index is 731. The summed E-state index contributed by atoms with van der Waals surface area (Å²) in [6.07, 6.45) is 0. The Kier molecular flexibility index (Phi) is 3.44. The first-order valence-corrected chi connectivity index (χ1v) is 6.67. The molecule has 0 aliphatic rings. The molecule has 3 aromatic rings. The summed E-state index contributed by atoms with van der Waals surface area (Å²) < 4.78 is 11.6. The van der Waals surface area contributed by atoms with Gasteiger partial charge in [0.15, 0.2) is 0 Å². The molecule has 102 valence electrons. The van der Waals surface area contributed by atoms with Crippen LogP contribution in [0.15, 0.2) is 52.9 Å². The Labute approximate surface area is 118 Å². The maximum atomic E-state index is 5.85. The van der Waals surface area contributed by atoms with Gasteiger partial charge in [-0.1, -0.05) is 36.4 Å². The summed E-state index contributed by atoms with van der Waals surface area (Å²) in [5, 5.41) is 1.07. The van der Waals surface area contributed by atoms with Gasteiger partial charge in [-0.25, -0.2) is 0 Å². The van der Waals surface area contributed by atoms with Gasteiger partial charge in [-0.3, -0.25) is 0 Å². The fourth-order valence-electron chi connectivity index (χ4n) is 2.28. The van der Waals surface area contributed by atoms with Crippen LogP contribution in [0.2, 0.25) is 0 Å². The summed E-state index contributed by atoms with van der Waals surface area (Å²) in [5.74, 6) is 1.69. The second kappa shape index (κ2) is 5.39. The van der Waals surface area contributed by atoms with Gasteiger partial charge in [-0.15, -0.1) is 0 Å². The van der Waals surface area contributed by atoms with Crippen LogP contribution in [0.25, 0.3) is 11.0 Å². The average Bonchev–Trinajstić information content (AvgIpc) is 2.89. The normalized spacial score (nSPS) is 10.9. The van der Waals surface area contributed by atoms with Gasteiger partial charge < -0.3 is 14.9 Å². The molecule has 0 spiro atoms. The molecule has 0 aliphatic carbocycles. The molecular formula is C17H17NO2. The molecule has 0 aliphatic heterocycles. The zero-order chi connectivity index (χ0) is 13.9. The molecule has 0 saturated carbocycles. The van der Waals surface area contributed by atoms with Crippen molar-refractivity contribution in [2.24, 2.45) is 5.73 Å². The summed E-state index contributed by atoms with van der Waals surface area (Å²) in [5.41, 5.74) is 8.71. The number of nitrogens with two attached hydrogens (primary N) is 1. The van der Waals surface area contributed by atoms with Crippen molar-refractivity contribution < 1.29 is 9.15 Å². The number of aryl methyl sites for hydroxylation is 1. The van der Waals surface area contributed by atoms with Crippen molar-refractivity contribution in [3.8, 4) is 5.75 Å². The number of fused-ring (bicyclic) bond motifs is 1. The molecule has 0 bridgehead atoms. The van der Waals surface area contributed by atoms with Gasteiger partial charge in [0.05, 0.1) is 0 Å². The van der Waals surface area contributed by atoms with Gasteiger partial charge in [-0.2, -0.15) is 0 Å². The minimum absolute atomic E-state index is 0.420. The Balaban J connectivity index is 1.83. The molecule has 0 fully saturated rings. The van der Waals surface area contributed by atoms with E-state index in [9.17, 15) is 0 Å². The first-order chi connectivity index (χ1) is 9.78. The van der Waals surface area contributed by atoms with Crippen LogP contribution in [0.4, 0.5) is 0 Å². The second-order valence-corrected chi connectivity index (χ2v) is 4.81. The number of hydrogen-bond acceptors (Lipinski definition) is 3. The van der Waals surface area contributed by atoms with Crippen molar-refractivity contribution in [3.63, 3.8) is 0 Å². The molecular weight excluding hydrogens is 250 g/mol. The fraction of sp³-hybridized carbons (Fsp3) is 0.176. The van der Waals surface area contributed by atoms with Crippen LogP contribution < -0.4 is 10.5 Å². The molecule has 0 radical (unpaired) electrons. The number of hydrogen-bond donors (Lipinski definition) is 1. The summed E-state index contributed by atoms with van der Waals surface area (Å²) in [6, 6.07) is 16.0.